The maximum Gasteiger partial charge on any atom is 0.250 e. The van der Waals surface area contributed by atoms with Crippen molar-refractivity contribution in [3.8, 4) is 11.6 Å². The van der Waals surface area contributed by atoms with Crippen molar-refractivity contribution >= 4 is 43.6 Å². The zero-order valence-electron chi connectivity index (χ0n) is 30.8. The Kier molecular flexibility index (Phi) is 10.6. The van der Waals surface area contributed by atoms with E-state index in [1.54, 1.807) is 0 Å². The Morgan fingerprint density at radius 2 is 0.788 bits per heavy atom. The topological polar surface area (TPSA) is 40.4 Å². The van der Waals surface area contributed by atoms with Crippen LogP contribution < -0.4 is 9.13 Å². The van der Waals surface area contributed by atoms with Crippen LogP contribution in [0, 0.1) is 0 Å². The third-order valence-electron chi connectivity index (χ3n) is 9.59. The van der Waals surface area contributed by atoms with Gasteiger partial charge in [0.1, 0.15) is 24.8 Å². The number of para-hydroxylation sites is 4. The Balaban J connectivity index is 0.00000102. The van der Waals surface area contributed by atoms with Gasteiger partial charge in [0.25, 0.3) is 0 Å². The molecule has 0 bridgehead atoms. The van der Waals surface area contributed by atoms with Gasteiger partial charge in [0.2, 0.25) is 24.3 Å². The molecular formula is C45H49N7+2. The molecule has 0 radical (unpaired) electrons. The highest BCUT2D eigenvalue weighted by atomic mass is 15.2. The van der Waals surface area contributed by atoms with Crippen molar-refractivity contribution in [2.45, 2.75) is 66.7 Å². The first-order chi connectivity index (χ1) is 25.8. The summed E-state index contributed by atoms with van der Waals surface area (Å²) in [7, 11) is 0. The van der Waals surface area contributed by atoms with Crippen molar-refractivity contribution in [3.63, 3.8) is 0 Å². The molecule has 0 aliphatic carbocycles. The molecule has 262 valence electrons. The highest BCUT2D eigenvalue weighted by Gasteiger charge is 2.15. The van der Waals surface area contributed by atoms with Crippen molar-refractivity contribution < 1.29 is 9.13 Å². The van der Waals surface area contributed by atoms with Crippen LogP contribution in [0.4, 0.5) is 0 Å². The first-order valence-corrected chi connectivity index (χ1v) is 18.8. The molecule has 7 nitrogen and oxygen atoms in total. The second-order valence-corrected chi connectivity index (χ2v) is 12.6. The zero-order chi connectivity index (χ0) is 35.9. The van der Waals surface area contributed by atoms with Gasteiger partial charge in [-0.2, -0.15) is 14.1 Å². The smallest absolute Gasteiger partial charge is 0.250 e. The van der Waals surface area contributed by atoms with Crippen LogP contribution in [0.1, 0.15) is 40.5 Å². The standard InChI is InChI=1S/C41H37N7.2C2H6/c1-5-16-36-32(12-1)33-13-2-6-17-37(33)47(36)24-10-22-43-26-28-45(30-43)40-20-9-21-41(42-40)46-29-27-44(31-46)23-11-25-48-38-18-7-3-14-34(38)35-15-4-8-19-39(35)48;2*1-2/h1-9,12-21,26-31H,10-11,22-25H2;2*1-2H3/q+2;;. The van der Waals surface area contributed by atoms with Gasteiger partial charge in [-0.25, -0.2) is 9.13 Å². The summed E-state index contributed by atoms with van der Waals surface area (Å²) >= 11 is 0. The summed E-state index contributed by atoms with van der Waals surface area (Å²) in [5.74, 6) is 1.81. The van der Waals surface area contributed by atoms with E-state index in [1.165, 1.54) is 43.6 Å². The number of aryl methyl sites for hydroxylation is 4. The molecule has 0 N–H and O–H groups in total. The van der Waals surface area contributed by atoms with E-state index in [4.69, 9.17) is 4.98 Å². The third-order valence-corrected chi connectivity index (χ3v) is 9.59. The highest BCUT2D eigenvalue weighted by Crippen LogP contribution is 2.30. The molecule has 0 aliphatic rings. The van der Waals surface area contributed by atoms with E-state index in [-0.39, 0.29) is 0 Å². The number of aromatic nitrogens is 7. The largest absolute Gasteiger partial charge is 0.340 e. The third kappa shape index (κ3) is 6.74. The Morgan fingerprint density at radius 1 is 0.442 bits per heavy atom. The summed E-state index contributed by atoms with van der Waals surface area (Å²) in [6, 6.07) is 41.1. The predicted molar refractivity (Wildman–Crippen MR) is 214 cm³/mol. The fraction of sp³-hybridized carbons (Fsp3) is 0.222. The van der Waals surface area contributed by atoms with E-state index in [9.17, 15) is 0 Å². The van der Waals surface area contributed by atoms with Gasteiger partial charge in [0.05, 0.1) is 13.1 Å². The Morgan fingerprint density at radius 3 is 1.15 bits per heavy atom. The van der Waals surface area contributed by atoms with E-state index in [0.717, 1.165) is 50.7 Å². The van der Waals surface area contributed by atoms with Gasteiger partial charge in [-0.15, -0.1) is 0 Å². The average Bonchev–Trinajstić information content (AvgIpc) is 4.02. The van der Waals surface area contributed by atoms with E-state index in [2.05, 4.69) is 180 Å². The van der Waals surface area contributed by atoms with Crippen molar-refractivity contribution in [2.75, 3.05) is 0 Å². The summed E-state index contributed by atoms with van der Waals surface area (Å²) in [5.41, 5.74) is 5.21. The number of fused-ring (bicyclic) bond motifs is 6. The molecule has 7 heteroatoms. The first-order valence-electron chi connectivity index (χ1n) is 18.8. The van der Waals surface area contributed by atoms with Gasteiger partial charge in [-0.3, -0.25) is 0 Å². The predicted octanol–water partition coefficient (Wildman–Crippen LogP) is 9.69. The van der Waals surface area contributed by atoms with Crippen LogP contribution in [0.2, 0.25) is 0 Å². The highest BCUT2D eigenvalue weighted by molar-refractivity contribution is 6.08. The lowest BCUT2D eigenvalue weighted by Gasteiger charge is -2.06. The quantitative estimate of drug-likeness (QED) is 0.132. The van der Waals surface area contributed by atoms with Gasteiger partial charge < -0.3 is 9.13 Å². The number of benzene rings is 4. The molecule has 0 aliphatic heterocycles. The number of imidazole rings is 2. The lowest BCUT2D eigenvalue weighted by atomic mass is 10.2. The molecule has 52 heavy (non-hydrogen) atoms. The molecule has 0 spiro atoms. The second kappa shape index (κ2) is 15.9. The Bertz CT molecular complexity index is 2260. The Hall–Kier alpha value is -5.95. The fourth-order valence-corrected chi connectivity index (χ4v) is 7.33. The van der Waals surface area contributed by atoms with E-state index in [1.807, 2.05) is 27.7 Å². The monoisotopic (exact) mass is 687 g/mol. The van der Waals surface area contributed by atoms with Crippen molar-refractivity contribution in [2.24, 2.45) is 0 Å². The molecule has 0 unspecified atom stereocenters. The number of hydrogen-bond donors (Lipinski definition) is 0. The van der Waals surface area contributed by atoms with Crippen LogP contribution in [-0.2, 0) is 26.2 Å². The molecule has 9 aromatic rings. The van der Waals surface area contributed by atoms with E-state index >= 15 is 0 Å². The minimum absolute atomic E-state index is 0.903. The van der Waals surface area contributed by atoms with Crippen LogP contribution >= 0.6 is 0 Å². The van der Waals surface area contributed by atoms with Crippen LogP contribution in [0.25, 0.3) is 55.2 Å². The number of nitrogens with zero attached hydrogens (tertiary/aromatic N) is 7. The summed E-state index contributed by atoms with van der Waals surface area (Å²) in [5, 5.41) is 5.30. The number of hydrogen-bond acceptors (Lipinski definition) is 1. The second-order valence-electron chi connectivity index (χ2n) is 12.6. The van der Waals surface area contributed by atoms with Crippen molar-refractivity contribution in [3.05, 3.63) is 153 Å². The summed E-state index contributed by atoms with van der Waals surface area (Å²) < 4.78 is 13.6. The molecule has 0 amide bonds. The Labute approximate surface area is 306 Å². The molecule has 0 saturated carbocycles. The molecule has 5 heterocycles. The molecule has 5 aromatic heterocycles. The number of rotatable bonds is 10. The fourth-order valence-electron chi connectivity index (χ4n) is 7.33. The SMILES string of the molecule is CC.CC.c1cc(-n2cc[n+](CCCn3c4ccccc4c4ccccc43)c2)nc(-n2cc[n+](CCCn3c4ccccc4c4ccccc43)c2)c1. The maximum atomic E-state index is 5.01. The van der Waals surface area contributed by atoms with Gasteiger partial charge in [0, 0.05) is 81.7 Å². The lowest BCUT2D eigenvalue weighted by Crippen LogP contribution is -2.31. The molecule has 9 rings (SSSR count). The van der Waals surface area contributed by atoms with Crippen LogP contribution in [0.15, 0.2) is 153 Å². The van der Waals surface area contributed by atoms with E-state index < -0.39 is 0 Å². The normalized spacial score (nSPS) is 11.2. The first kappa shape index (κ1) is 34.5. The van der Waals surface area contributed by atoms with Crippen molar-refractivity contribution in [1.29, 1.82) is 0 Å². The number of pyridine rings is 1. The minimum atomic E-state index is 0.903. The minimum Gasteiger partial charge on any atom is -0.340 e. The summed E-state index contributed by atoms with van der Waals surface area (Å²) in [6.45, 7) is 11.8. The average molecular weight is 688 g/mol. The van der Waals surface area contributed by atoms with Gasteiger partial charge in [0.15, 0.2) is 0 Å². The van der Waals surface area contributed by atoms with Crippen LogP contribution in [-0.4, -0.2) is 23.3 Å². The molecule has 0 atom stereocenters. The van der Waals surface area contributed by atoms with Gasteiger partial charge in [-0.1, -0.05) is 107 Å². The van der Waals surface area contributed by atoms with Gasteiger partial charge >= 0.3 is 0 Å². The molecular weight excluding hydrogens is 639 g/mol. The lowest BCUT2D eigenvalue weighted by molar-refractivity contribution is -0.696. The van der Waals surface area contributed by atoms with Crippen molar-refractivity contribution in [1.82, 2.24) is 23.3 Å². The van der Waals surface area contributed by atoms with Crippen LogP contribution in [0.3, 0.4) is 0 Å². The maximum absolute atomic E-state index is 5.01. The zero-order valence-corrected chi connectivity index (χ0v) is 30.8. The molecule has 0 saturated heterocycles. The van der Waals surface area contributed by atoms with Gasteiger partial charge in [-0.05, 0) is 24.3 Å². The summed E-state index contributed by atoms with van der Waals surface area (Å²) in [4.78, 5) is 5.01. The van der Waals surface area contributed by atoms with Crippen LogP contribution in [0.5, 0.6) is 0 Å². The molecule has 4 aromatic carbocycles. The summed E-state index contributed by atoms with van der Waals surface area (Å²) in [6.07, 6.45) is 14.8. The molecule has 0 fully saturated rings. The van der Waals surface area contributed by atoms with E-state index in [0.29, 0.717) is 0 Å².